The molecule has 2 fully saturated rings. The number of carbonyl (C=O) groups excluding carboxylic acids is 1. The Morgan fingerprint density at radius 2 is 2.00 bits per heavy atom. The van der Waals surface area contributed by atoms with Crippen LogP contribution >= 0.6 is 0 Å². The molecule has 4 rings (SSSR count). The zero-order valence-corrected chi connectivity index (χ0v) is 18.8. The van der Waals surface area contributed by atoms with Crippen LogP contribution in [0.3, 0.4) is 0 Å². The normalized spacial score (nSPS) is 29.2. The van der Waals surface area contributed by atoms with Crippen molar-refractivity contribution in [2.75, 3.05) is 6.54 Å². The summed E-state index contributed by atoms with van der Waals surface area (Å²) in [6, 6.07) is 5.14. The highest BCUT2D eigenvalue weighted by Gasteiger charge is 2.53. The van der Waals surface area contributed by atoms with Crippen molar-refractivity contribution in [3.63, 3.8) is 0 Å². The van der Waals surface area contributed by atoms with Crippen LogP contribution in [0, 0.1) is 11.3 Å². The first-order valence-electron chi connectivity index (χ1n) is 11.2. The summed E-state index contributed by atoms with van der Waals surface area (Å²) in [6.07, 6.45) is 2.51. The lowest BCUT2D eigenvalue weighted by atomic mass is 9.72. The lowest BCUT2D eigenvalue weighted by Gasteiger charge is -2.54. The van der Waals surface area contributed by atoms with E-state index in [4.69, 9.17) is 14.6 Å². The summed E-state index contributed by atoms with van der Waals surface area (Å²) in [7, 11) is 0. The summed E-state index contributed by atoms with van der Waals surface area (Å²) in [6.45, 7) is 8.41. The summed E-state index contributed by atoms with van der Waals surface area (Å²) in [4.78, 5) is 26.3. The number of rotatable bonds is 4. The number of benzene rings is 1. The molecule has 0 aliphatic carbocycles. The van der Waals surface area contributed by atoms with Gasteiger partial charge in [-0.05, 0) is 50.7 Å². The van der Waals surface area contributed by atoms with Gasteiger partial charge in [0.1, 0.15) is 17.1 Å². The average Bonchev–Trinajstić information content (AvgIpc) is 2.64. The number of fused-ring (bicyclic) bond motifs is 4. The Morgan fingerprint density at radius 1 is 1.26 bits per heavy atom. The molecule has 0 spiro atoms. The van der Waals surface area contributed by atoms with Gasteiger partial charge in [0.2, 0.25) is 5.91 Å². The van der Waals surface area contributed by atoms with Crippen LogP contribution in [0.1, 0.15) is 71.5 Å². The number of carbonyl (C=O) groups is 2. The van der Waals surface area contributed by atoms with E-state index in [-0.39, 0.29) is 48.7 Å². The highest BCUT2D eigenvalue weighted by molar-refractivity contribution is 5.78. The van der Waals surface area contributed by atoms with E-state index in [1.807, 2.05) is 38.7 Å². The van der Waals surface area contributed by atoms with Gasteiger partial charge in [-0.25, -0.2) is 0 Å². The number of aliphatic carboxylic acids is 1. The van der Waals surface area contributed by atoms with E-state index >= 15 is 0 Å². The number of phenols is 1. The Bertz CT molecular complexity index is 879. The van der Waals surface area contributed by atoms with Gasteiger partial charge in [0.25, 0.3) is 0 Å². The van der Waals surface area contributed by atoms with Crippen molar-refractivity contribution in [2.45, 2.75) is 83.6 Å². The fourth-order valence-corrected chi connectivity index (χ4v) is 5.56. The molecule has 170 valence electrons. The molecular formula is C24H33NO6. The van der Waals surface area contributed by atoms with Gasteiger partial charge in [0, 0.05) is 30.5 Å². The van der Waals surface area contributed by atoms with Gasteiger partial charge in [-0.15, -0.1) is 0 Å². The van der Waals surface area contributed by atoms with Gasteiger partial charge >= 0.3 is 5.97 Å². The van der Waals surface area contributed by atoms with Gasteiger partial charge < -0.3 is 24.6 Å². The minimum atomic E-state index is -0.885. The van der Waals surface area contributed by atoms with Crippen LogP contribution < -0.4 is 4.74 Å². The molecule has 1 aromatic carbocycles. The summed E-state index contributed by atoms with van der Waals surface area (Å²) >= 11 is 0. The molecule has 3 aliphatic rings. The summed E-state index contributed by atoms with van der Waals surface area (Å²) in [5.41, 5.74) is -0.153. The second-order valence-corrected chi connectivity index (χ2v) is 10.6. The fourth-order valence-electron chi connectivity index (χ4n) is 5.56. The molecule has 0 bridgehead atoms. The van der Waals surface area contributed by atoms with E-state index in [2.05, 4.69) is 0 Å². The molecule has 0 radical (unpaired) electrons. The topological polar surface area (TPSA) is 96.3 Å². The van der Waals surface area contributed by atoms with E-state index in [1.165, 1.54) is 0 Å². The maximum absolute atomic E-state index is 13.2. The largest absolute Gasteiger partial charge is 0.508 e. The lowest BCUT2D eigenvalue weighted by Crippen LogP contribution is -2.60. The van der Waals surface area contributed by atoms with Crippen LogP contribution in [0.4, 0.5) is 0 Å². The van der Waals surface area contributed by atoms with Crippen molar-refractivity contribution in [3.05, 3.63) is 23.8 Å². The van der Waals surface area contributed by atoms with Crippen molar-refractivity contribution < 1.29 is 29.3 Å². The molecule has 7 nitrogen and oxygen atoms in total. The number of carboxylic acid groups (broad SMARTS) is 1. The number of aromatic hydroxyl groups is 1. The Morgan fingerprint density at radius 3 is 2.71 bits per heavy atom. The predicted molar refractivity (Wildman–Crippen MR) is 114 cm³/mol. The van der Waals surface area contributed by atoms with Gasteiger partial charge in [-0.3, -0.25) is 9.59 Å². The minimum absolute atomic E-state index is 0.00264. The number of hydrogen-bond donors (Lipinski definition) is 2. The van der Waals surface area contributed by atoms with E-state index in [0.717, 1.165) is 24.8 Å². The van der Waals surface area contributed by atoms with Crippen molar-refractivity contribution in [2.24, 2.45) is 11.3 Å². The highest BCUT2D eigenvalue weighted by Crippen LogP contribution is 2.53. The Kier molecular flexibility index (Phi) is 5.44. The third-order valence-corrected chi connectivity index (χ3v) is 7.05. The first-order valence-corrected chi connectivity index (χ1v) is 11.2. The Labute approximate surface area is 183 Å². The van der Waals surface area contributed by atoms with Crippen LogP contribution in [0.5, 0.6) is 11.5 Å². The lowest BCUT2D eigenvalue weighted by molar-refractivity contribution is -0.193. The molecule has 7 heteroatoms. The van der Waals surface area contributed by atoms with Crippen LogP contribution in [-0.2, 0) is 14.3 Å². The second kappa shape index (κ2) is 7.69. The number of phenolic OH excluding ortho intramolecular Hbond substituents is 1. The standard InChI is InChI=1S/C24H33NO6/c1-23(2,13-21(28)29)12-20(27)25-9-5-6-18-17(25)11-16-22(30-18)15-8-7-14(26)10-19(15)31-24(16,3)4/h7-8,10,16-18,22,26H,5-6,9,11-13H2,1-4H3,(H,28,29)/t16-,17-,18-,22+/m1/s1. The number of ether oxygens (including phenoxy) is 2. The Hall–Kier alpha value is -2.28. The molecule has 2 saturated heterocycles. The zero-order chi connectivity index (χ0) is 22.6. The van der Waals surface area contributed by atoms with Crippen molar-refractivity contribution >= 4 is 11.9 Å². The minimum Gasteiger partial charge on any atom is -0.508 e. The monoisotopic (exact) mass is 431 g/mol. The van der Waals surface area contributed by atoms with E-state index in [1.54, 1.807) is 12.1 Å². The van der Waals surface area contributed by atoms with Gasteiger partial charge in [0.15, 0.2) is 0 Å². The zero-order valence-electron chi connectivity index (χ0n) is 18.8. The molecule has 0 saturated carbocycles. The van der Waals surface area contributed by atoms with E-state index in [9.17, 15) is 14.7 Å². The molecule has 4 atom stereocenters. The van der Waals surface area contributed by atoms with Crippen LogP contribution in [-0.4, -0.2) is 51.3 Å². The van der Waals surface area contributed by atoms with E-state index in [0.29, 0.717) is 12.3 Å². The highest BCUT2D eigenvalue weighted by atomic mass is 16.5. The molecule has 1 amide bonds. The number of nitrogens with zero attached hydrogens (tertiary/aromatic N) is 1. The number of carboxylic acids is 1. The first-order chi connectivity index (χ1) is 14.5. The van der Waals surface area contributed by atoms with E-state index < -0.39 is 17.0 Å². The summed E-state index contributed by atoms with van der Waals surface area (Å²) in [5, 5.41) is 19.1. The molecular weight excluding hydrogens is 398 g/mol. The molecule has 2 N–H and O–H groups in total. The molecule has 31 heavy (non-hydrogen) atoms. The second-order valence-electron chi connectivity index (χ2n) is 10.6. The average molecular weight is 432 g/mol. The maximum Gasteiger partial charge on any atom is 0.303 e. The van der Waals surface area contributed by atoms with Crippen molar-refractivity contribution in [1.82, 2.24) is 4.90 Å². The Balaban J connectivity index is 1.57. The van der Waals surface area contributed by atoms with Gasteiger partial charge in [-0.2, -0.15) is 0 Å². The molecule has 0 aromatic heterocycles. The smallest absolute Gasteiger partial charge is 0.303 e. The van der Waals surface area contributed by atoms with Crippen LogP contribution in [0.25, 0.3) is 0 Å². The SMILES string of the molecule is CC(C)(CC(=O)O)CC(=O)N1CCC[C@H]2O[C@H]3c4ccc(O)cc4OC(C)(C)[C@@H]3C[C@H]21. The third kappa shape index (κ3) is 4.25. The fraction of sp³-hybridized carbons (Fsp3) is 0.667. The molecule has 3 aliphatic heterocycles. The number of piperidine rings is 1. The van der Waals surface area contributed by atoms with Gasteiger partial charge in [0.05, 0.1) is 24.7 Å². The number of hydrogen-bond acceptors (Lipinski definition) is 5. The summed E-state index contributed by atoms with van der Waals surface area (Å²) < 4.78 is 12.9. The number of likely N-dealkylation sites (tertiary alicyclic amines) is 1. The third-order valence-electron chi connectivity index (χ3n) is 7.05. The predicted octanol–water partition coefficient (Wildman–Crippen LogP) is 3.89. The number of amides is 1. The van der Waals surface area contributed by atoms with Crippen LogP contribution in [0.15, 0.2) is 18.2 Å². The molecule has 3 heterocycles. The van der Waals surface area contributed by atoms with Crippen LogP contribution in [0.2, 0.25) is 0 Å². The van der Waals surface area contributed by atoms with Crippen molar-refractivity contribution in [1.29, 1.82) is 0 Å². The summed E-state index contributed by atoms with van der Waals surface area (Å²) in [5.74, 6) is 0.00186. The maximum atomic E-state index is 13.2. The first kappa shape index (κ1) is 21.9. The molecule has 0 unspecified atom stereocenters. The van der Waals surface area contributed by atoms with Crippen molar-refractivity contribution in [3.8, 4) is 11.5 Å². The quantitative estimate of drug-likeness (QED) is 0.751. The molecule has 1 aromatic rings. The van der Waals surface area contributed by atoms with Gasteiger partial charge in [-0.1, -0.05) is 13.8 Å².